The summed E-state index contributed by atoms with van der Waals surface area (Å²) >= 11 is 0. The Balaban J connectivity index is 2.02. The van der Waals surface area contributed by atoms with Crippen LogP contribution in [0.15, 0.2) is 36.4 Å². The summed E-state index contributed by atoms with van der Waals surface area (Å²) in [5, 5.41) is 3.43. The van der Waals surface area contributed by atoms with Gasteiger partial charge in [-0.05, 0) is 49.6 Å². The number of benzene rings is 2. The zero-order valence-corrected chi connectivity index (χ0v) is 11.7. The highest BCUT2D eigenvalue weighted by Crippen LogP contribution is 2.34. The lowest BCUT2D eigenvalue weighted by molar-refractivity contribution is 0.226. The third-order valence-corrected chi connectivity index (χ3v) is 3.58. The third-order valence-electron chi connectivity index (χ3n) is 3.58. The maximum Gasteiger partial charge on any atom is 0.142 e. The Morgan fingerprint density at radius 1 is 1.11 bits per heavy atom. The molecule has 2 aromatic rings. The molecule has 3 rings (SSSR count). The van der Waals surface area contributed by atoms with Crippen molar-refractivity contribution < 1.29 is 4.74 Å². The van der Waals surface area contributed by atoms with Crippen LogP contribution in [0.5, 0.6) is 5.75 Å². The lowest BCUT2D eigenvalue weighted by Crippen LogP contribution is -2.27. The van der Waals surface area contributed by atoms with Crippen LogP contribution in [0.2, 0.25) is 0 Å². The summed E-state index contributed by atoms with van der Waals surface area (Å²) in [6.45, 7) is 7.23. The molecule has 0 amide bonds. The van der Waals surface area contributed by atoms with Crippen molar-refractivity contribution in [2.75, 3.05) is 11.9 Å². The quantitative estimate of drug-likeness (QED) is 0.823. The Morgan fingerprint density at radius 2 is 1.95 bits per heavy atom. The fraction of sp³-hybridized carbons (Fsp3) is 0.294. The van der Waals surface area contributed by atoms with E-state index in [1.165, 1.54) is 22.3 Å². The summed E-state index contributed by atoms with van der Waals surface area (Å²) in [6, 6.07) is 13.0. The molecule has 19 heavy (non-hydrogen) atoms. The van der Waals surface area contributed by atoms with Gasteiger partial charge >= 0.3 is 0 Å². The zero-order chi connectivity index (χ0) is 13.4. The first-order valence-electron chi connectivity index (χ1n) is 6.76. The summed E-state index contributed by atoms with van der Waals surface area (Å²) in [4.78, 5) is 0. The Bertz CT molecular complexity index is 619. The predicted molar refractivity (Wildman–Crippen MR) is 79.9 cm³/mol. The Hall–Kier alpha value is -1.96. The monoisotopic (exact) mass is 253 g/mol. The Labute approximate surface area is 114 Å². The van der Waals surface area contributed by atoms with Crippen LogP contribution in [0.25, 0.3) is 11.1 Å². The number of hydrogen-bond donors (Lipinski definition) is 1. The van der Waals surface area contributed by atoms with Gasteiger partial charge in [0, 0.05) is 0 Å². The van der Waals surface area contributed by atoms with E-state index in [1.807, 2.05) is 0 Å². The van der Waals surface area contributed by atoms with Crippen LogP contribution in [0.3, 0.4) is 0 Å². The molecule has 0 spiro atoms. The van der Waals surface area contributed by atoms with E-state index in [4.69, 9.17) is 4.74 Å². The van der Waals surface area contributed by atoms with Crippen molar-refractivity contribution in [3.05, 3.63) is 47.5 Å². The van der Waals surface area contributed by atoms with Crippen LogP contribution in [-0.2, 0) is 0 Å². The van der Waals surface area contributed by atoms with Crippen molar-refractivity contribution in [3.63, 3.8) is 0 Å². The molecule has 1 aliphatic heterocycles. The molecule has 1 N–H and O–H groups in total. The van der Waals surface area contributed by atoms with Gasteiger partial charge in [-0.2, -0.15) is 0 Å². The van der Waals surface area contributed by atoms with Crippen LogP contribution in [0.1, 0.15) is 18.1 Å². The molecule has 0 radical (unpaired) electrons. The maximum absolute atomic E-state index is 5.81. The van der Waals surface area contributed by atoms with Crippen molar-refractivity contribution in [1.29, 1.82) is 0 Å². The normalized spacial score (nSPS) is 17.3. The molecule has 2 nitrogen and oxygen atoms in total. The van der Waals surface area contributed by atoms with Gasteiger partial charge in [0.1, 0.15) is 11.9 Å². The fourth-order valence-corrected chi connectivity index (χ4v) is 2.59. The van der Waals surface area contributed by atoms with Crippen LogP contribution in [0, 0.1) is 13.8 Å². The van der Waals surface area contributed by atoms with Gasteiger partial charge in [-0.15, -0.1) is 0 Å². The van der Waals surface area contributed by atoms with Gasteiger partial charge in [-0.3, -0.25) is 0 Å². The summed E-state index contributed by atoms with van der Waals surface area (Å²) in [5.41, 5.74) is 6.23. The molecular weight excluding hydrogens is 234 g/mol. The molecule has 1 atom stereocenters. The van der Waals surface area contributed by atoms with Crippen molar-refractivity contribution in [2.24, 2.45) is 0 Å². The molecule has 0 saturated carbocycles. The van der Waals surface area contributed by atoms with E-state index < -0.39 is 0 Å². The van der Waals surface area contributed by atoms with E-state index in [2.05, 4.69) is 62.5 Å². The number of aryl methyl sites for hydroxylation is 2. The summed E-state index contributed by atoms with van der Waals surface area (Å²) < 4.78 is 5.81. The SMILES string of the molecule is Cc1ccc(-c2ccc3c(c2)NCC(C)O3)c(C)c1. The largest absolute Gasteiger partial charge is 0.487 e. The van der Waals surface area contributed by atoms with Crippen molar-refractivity contribution in [2.45, 2.75) is 26.9 Å². The van der Waals surface area contributed by atoms with Gasteiger partial charge < -0.3 is 10.1 Å². The summed E-state index contributed by atoms with van der Waals surface area (Å²) in [6.07, 6.45) is 0.236. The average Bonchev–Trinajstić information content (AvgIpc) is 2.38. The average molecular weight is 253 g/mol. The van der Waals surface area contributed by atoms with Crippen molar-refractivity contribution in [1.82, 2.24) is 0 Å². The second-order valence-electron chi connectivity index (χ2n) is 5.34. The number of nitrogens with one attached hydrogen (secondary N) is 1. The number of anilines is 1. The lowest BCUT2D eigenvalue weighted by Gasteiger charge is -2.25. The molecule has 0 fully saturated rings. The highest BCUT2D eigenvalue weighted by molar-refractivity contribution is 5.74. The second-order valence-corrected chi connectivity index (χ2v) is 5.34. The van der Waals surface area contributed by atoms with Gasteiger partial charge in [0.15, 0.2) is 0 Å². The first kappa shape index (κ1) is 12.1. The highest BCUT2D eigenvalue weighted by Gasteiger charge is 2.16. The molecule has 0 aliphatic carbocycles. The van der Waals surface area contributed by atoms with E-state index in [1.54, 1.807) is 0 Å². The minimum atomic E-state index is 0.236. The second kappa shape index (κ2) is 4.61. The Morgan fingerprint density at radius 3 is 2.74 bits per heavy atom. The maximum atomic E-state index is 5.81. The summed E-state index contributed by atoms with van der Waals surface area (Å²) in [5.74, 6) is 0.951. The smallest absolute Gasteiger partial charge is 0.142 e. The predicted octanol–water partition coefficient (Wildman–Crippen LogP) is 4.16. The third kappa shape index (κ3) is 2.30. The minimum Gasteiger partial charge on any atom is -0.487 e. The van der Waals surface area contributed by atoms with E-state index in [0.29, 0.717) is 0 Å². The zero-order valence-electron chi connectivity index (χ0n) is 11.7. The molecule has 98 valence electrons. The van der Waals surface area contributed by atoms with Gasteiger partial charge in [-0.1, -0.05) is 29.8 Å². The number of fused-ring (bicyclic) bond motifs is 1. The first-order valence-corrected chi connectivity index (χ1v) is 6.76. The van der Waals surface area contributed by atoms with E-state index in [-0.39, 0.29) is 6.10 Å². The van der Waals surface area contributed by atoms with Gasteiger partial charge in [0.25, 0.3) is 0 Å². The van der Waals surface area contributed by atoms with Gasteiger partial charge in [0.2, 0.25) is 0 Å². The van der Waals surface area contributed by atoms with Crippen LogP contribution in [-0.4, -0.2) is 12.6 Å². The van der Waals surface area contributed by atoms with Gasteiger partial charge in [-0.25, -0.2) is 0 Å². The number of rotatable bonds is 1. The topological polar surface area (TPSA) is 21.3 Å². The molecule has 2 heteroatoms. The molecule has 0 aromatic heterocycles. The molecular formula is C17H19NO. The van der Waals surface area contributed by atoms with E-state index >= 15 is 0 Å². The van der Waals surface area contributed by atoms with Crippen molar-refractivity contribution >= 4 is 5.69 Å². The van der Waals surface area contributed by atoms with Crippen LogP contribution >= 0.6 is 0 Å². The number of hydrogen-bond acceptors (Lipinski definition) is 2. The van der Waals surface area contributed by atoms with E-state index in [0.717, 1.165) is 18.0 Å². The molecule has 2 aromatic carbocycles. The Kier molecular flexibility index (Phi) is 2.94. The lowest BCUT2D eigenvalue weighted by atomic mass is 9.98. The standard InChI is InChI=1S/C17H19NO/c1-11-4-6-15(12(2)8-11)14-5-7-17-16(9-14)18-10-13(3)19-17/h4-9,13,18H,10H2,1-3H3. The first-order chi connectivity index (χ1) is 9.13. The van der Waals surface area contributed by atoms with Crippen molar-refractivity contribution in [3.8, 4) is 16.9 Å². The molecule has 1 unspecified atom stereocenters. The minimum absolute atomic E-state index is 0.236. The van der Waals surface area contributed by atoms with E-state index in [9.17, 15) is 0 Å². The highest BCUT2D eigenvalue weighted by atomic mass is 16.5. The molecule has 0 bridgehead atoms. The van der Waals surface area contributed by atoms with Crippen LogP contribution < -0.4 is 10.1 Å². The van der Waals surface area contributed by atoms with Gasteiger partial charge in [0.05, 0.1) is 12.2 Å². The summed E-state index contributed by atoms with van der Waals surface area (Å²) in [7, 11) is 0. The molecule has 0 saturated heterocycles. The molecule has 1 aliphatic rings. The molecule has 1 heterocycles. The fourth-order valence-electron chi connectivity index (χ4n) is 2.59. The van der Waals surface area contributed by atoms with Crippen LogP contribution in [0.4, 0.5) is 5.69 Å². The number of ether oxygens (including phenoxy) is 1.